The summed E-state index contributed by atoms with van der Waals surface area (Å²) in [5, 5.41) is 13.4. The van der Waals surface area contributed by atoms with Gasteiger partial charge in [0.15, 0.2) is 0 Å². The number of rotatable bonds is 8. The Morgan fingerprint density at radius 1 is 1.16 bits per heavy atom. The van der Waals surface area contributed by atoms with Gasteiger partial charge in [0.05, 0.1) is 11.9 Å². The summed E-state index contributed by atoms with van der Waals surface area (Å²) in [7, 11) is 0. The molecule has 0 aliphatic carbocycles. The van der Waals surface area contributed by atoms with Crippen LogP contribution in [0.2, 0.25) is 0 Å². The molecule has 1 amide bonds. The zero-order valence-electron chi connectivity index (χ0n) is 17.3. The number of alkyl halides is 2. The van der Waals surface area contributed by atoms with Gasteiger partial charge in [-0.25, -0.2) is 0 Å². The van der Waals surface area contributed by atoms with Crippen molar-refractivity contribution in [2.45, 2.75) is 39.7 Å². The Kier molecular flexibility index (Phi) is 6.89. The molecular formula is C23H24F2N2O4. The van der Waals surface area contributed by atoms with Crippen molar-refractivity contribution < 1.29 is 28.2 Å². The van der Waals surface area contributed by atoms with Gasteiger partial charge in [0, 0.05) is 23.2 Å². The third-order valence-corrected chi connectivity index (χ3v) is 5.04. The fraction of sp³-hybridized carbons (Fsp3) is 0.304. The average molecular weight is 430 g/mol. The summed E-state index contributed by atoms with van der Waals surface area (Å²) in [4.78, 5) is 25.6. The van der Waals surface area contributed by atoms with Crippen LogP contribution in [-0.4, -0.2) is 34.6 Å². The fourth-order valence-electron chi connectivity index (χ4n) is 3.49. The van der Waals surface area contributed by atoms with Gasteiger partial charge in [-0.05, 0) is 61.4 Å². The first kappa shape index (κ1) is 22.3. The van der Waals surface area contributed by atoms with Crippen molar-refractivity contribution in [2.75, 3.05) is 6.54 Å². The minimum Gasteiger partial charge on any atom is -0.508 e. The van der Waals surface area contributed by atoms with Crippen LogP contribution in [0.25, 0.3) is 10.9 Å². The van der Waals surface area contributed by atoms with Crippen molar-refractivity contribution in [3.8, 4) is 11.5 Å². The number of ether oxygens (including phenoxy) is 1. The molecule has 0 aliphatic heterocycles. The van der Waals surface area contributed by atoms with Crippen LogP contribution in [0.15, 0.2) is 42.5 Å². The van der Waals surface area contributed by atoms with E-state index in [2.05, 4.69) is 10.1 Å². The lowest BCUT2D eigenvalue weighted by molar-refractivity contribution is -0.120. The summed E-state index contributed by atoms with van der Waals surface area (Å²) in [5.74, 6) is -0.567. The number of amides is 1. The Hall–Kier alpha value is -3.42. The van der Waals surface area contributed by atoms with Gasteiger partial charge in [-0.3, -0.25) is 14.2 Å². The van der Waals surface area contributed by atoms with Gasteiger partial charge in [-0.15, -0.1) is 0 Å². The SMILES string of the molecule is CCCCNC(=O)Cc1c(C)n(C(=O)c2ccc(OC(F)F)cc2)c2ccc(O)cc12. The Morgan fingerprint density at radius 3 is 2.52 bits per heavy atom. The molecule has 3 rings (SSSR count). The standard InChI is InChI=1S/C23H24F2N2O4/c1-3-4-11-26-21(29)13-18-14(2)27(20-10-7-16(28)12-19(18)20)22(30)15-5-8-17(9-6-15)31-23(24)25/h5-10,12,23,28H,3-4,11,13H2,1-2H3,(H,26,29). The number of hydrogen-bond donors (Lipinski definition) is 2. The predicted molar refractivity (Wildman–Crippen MR) is 113 cm³/mol. The number of nitrogens with one attached hydrogen (secondary N) is 1. The number of phenols is 1. The van der Waals surface area contributed by atoms with E-state index in [4.69, 9.17) is 0 Å². The first-order chi connectivity index (χ1) is 14.8. The van der Waals surface area contributed by atoms with Crippen LogP contribution in [0.1, 0.15) is 41.4 Å². The number of unbranched alkanes of at least 4 members (excludes halogenated alkanes) is 1. The average Bonchev–Trinajstić information content (AvgIpc) is 2.99. The number of phenolic OH excluding ortho intramolecular Hbond substituents is 1. The molecule has 164 valence electrons. The number of carbonyl (C=O) groups is 2. The van der Waals surface area contributed by atoms with Crippen LogP contribution in [0.3, 0.4) is 0 Å². The molecule has 8 heteroatoms. The maximum absolute atomic E-state index is 13.2. The second-order valence-corrected chi connectivity index (χ2v) is 7.19. The van der Waals surface area contributed by atoms with E-state index < -0.39 is 6.61 Å². The summed E-state index contributed by atoms with van der Waals surface area (Å²) in [6.45, 7) is 1.39. The normalized spacial score (nSPS) is 11.1. The van der Waals surface area contributed by atoms with Crippen LogP contribution in [-0.2, 0) is 11.2 Å². The van der Waals surface area contributed by atoms with E-state index >= 15 is 0 Å². The lowest BCUT2D eigenvalue weighted by Crippen LogP contribution is -2.26. The molecule has 0 unspecified atom stereocenters. The summed E-state index contributed by atoms with van der Waals surface area (Å²) in [5.41, 5.74) is 2.04. The second kappa shape index (κ2) is 9.59. The minimum absolute atomic E-state index is 0.0261. The van der Waals surface area contributed by atoms with Crippen molar-refractivity contribution in [2.24, 2.45) is 0 Å². The highest BCUT2D eigenvalue weighted by Crippen LogP contribution is 2.30. The van der Waals surface area contributed by atoms with Crippen LogP contribution in [0, 0.1) is 6.92 Å². The Labute approximate surface area is 178 Å². The van der Waals surface area contributed by atoms with Crippen LogP contribution in [0.5, 0.6) is 11.5 Å². The fourth-order valence-corrected chi connectivity index (χ4v) is 3.49. The molecule has 0 atom stereocenters. The van der Waals surface area contributed by atoms with E-state index in [0.717, 1.165) is 12.8 Å². The number of benzene rings is 2. The van der Waals surface area contributed by atoms with Gasteiger partial charge in [0.1, 0.15) is 11.5 Å². The number of aromatic hydroxyl groups is 1. The molecule has 0 fully saturated rings. The molecule has 2 N–H and O–H groups in total. The lowest BCUT2D eigenvalue weighted by Gasteiger charge is -2.09. The maximum Gasteiger partial charge on any atom is 0.387 e. The molecule has 0 bridgehead atoms. The molecule has 2 aromatic carbocycles. The van der Waals surface area contributed by atoms with Gasteiger partial charge in [-0.1, -0.05) is 13.3 Å². The molecule has 3 aromatic rings. The van der Waals surface area contributed by atoms with Crippen LogP contribution >= 0.6 is 0 Å². The molecular weight excluding hydrogens is 406 g/mol. The molecule has 0 radical (unpaired) electrons. The summed E-state index contributed by atoms with van der Waals surface area (Å²) >= 11 is 0. The Morgan fingerprint density at radius 2 is 1.87 bits per heavy atom. The highest BCUT2D eigenvalue weighted by Gasteiger charge is 2.22. The number of fused-ring (bicyclic) bond motifs is 1. The number of halogens is 2. The summed E-state index contributed by atoms with van der Waals surface area (Å²) in [6, 6.07) is 10.0. The Balaban J connectivity index is 1.97. The summed E-state index contributed by atoms with van der Waals surface area (Å²) in [6.07, 6.45) is 1.90. The molecule has 0 saturated carbocycles. The van der Waals surface area contributed by atoms with E-state index in [1.807, 2.05) is 6.92 Å². The smallest absolute Gasteiger partial charge is 0.387 e. The van der Waals surface area contributed by atoms with Gasteiger partial charge in [0.2, 0.25) is 5.91 Å². The van der Waals surface area contributed by atoms with E-state index in [1.165, 1.54) is 41.0 Å². The second-order valence-electron chi connectivity index (χ2n) is 7.19. The lowest BCUT2D eigenvalue weighted by atomic mass is 10.1. The number of carbonyl (C=O) groups excluding carboxylic acids is 2. The van der Waals surface area contributed by atoms with Crippen molar-refractivity contribution in [3.63, 3.8) is 0 Å². The van der Waals surface area contributed by atoms with Crippen LogP contribution in [0.4, 0.5) is 8.78 Å². The zero-order valence-corrected chi connectivity index (χ0v) is 17.3. The molecule has 1 aromatic heterocycles. The first-order valence-electron chi connectivity index (χ1n) is 10.0. The van der Waals surface area contributed by atoms with Crippen molar-refractivity contribution in [1.29, 1.82) is 0 Å². The van der Waals surface area contributed by atoms with Crippen molar-refractivity contribution in [1.82, 2.24) is 9.88 Å². The number of nitrogens with zero attached hydrogens (tertiary/aromatic N) is 1. The predicted octanol–water partition coefficient (Wildman–Crippen LogP) is 4.40. The first-order valence-corrected chi connectivity index (χ1v) is 10.0. The maximum atomic E-state index is 13.2. The summed E-state index contributed by atoms with van der Waals surface area (Å²) < 4.78 is 30.5. The molecule has 0 saturated heterocycles. The van der Waals surface area contributed by atoms with Crippen molar-refractivity contribution in [3.05, 3.63) is 59.3 Å². The van der Waals surface area contributed by atoms with Crippen LogP contribution < -0.4 is 10.1 Å². The van der Waals surface area contributed by atoms with E-state index in [0.29, 0.717) is 28.7 Å². The van der Waals surface area contributed by atoms with Gasteiger partial charge >= 0.3 is 6.61 Å². The minimum atomic E-state index is -2.95. The third-order valence-electron chi connectivity index (χ3n) is 5.04. The van der Waals surface area contributed by atoms with E-state index in [1.54, 1.807) is 13.0 Å². The third kappa shape index (κ3) is 5.02. The molecule has 1 heterocycles. The van der Waals surface area contributed by atoms with Gasteiger partial charge in [0.25, 0.3) is 5.91 Å². The van der Waals surface area contributed by atoms with Crippen molar-refractivity contribution >= 4 is 22.7 Å². The highest BCUT2D eigenvalue weighted by molar-refractivity contribution is 6.05. The quantitative estimate of drug-likeness (QED) is 0.519. The van der Waals surface area contributed by atoms with Gasteiger partial charge in [-0.2, -0.15) is 8.78 Å². The van der Waals surface area contributed by atoms with E-state index in [9.17, 15) is 23.5 Å². The topological polar surface area (TPSA) is 80.6 Å². The monoisotopic (exact) mass is 430 g/mol. The van der Waals surface area contributed by atoms with Gasteiger partial charge < -0.3 is 15.2 Å². The number of aromatic nitrogens is 1. The Bertz CT molecular complexity index is 1090. The molecule has 0 spiro atoms. The molecule has 0 aliphatic rings. The number of hydrogen-bond acceptors (Lipinski definition) is 4. The zero-order chi connectivity index (χ0) is 22.5. The van der Waals surface area contributed by atoms with E-state index in [-0.39, 0.29) is 35.3 Å². The largest absolute Gasteiger partial charge is 0.508 e. The molecule has 6 nitrogen and oxygen atoms in total. The highest BCUT2D eigenvalue weighted by atomic mass is 19.3. The molecule has 31 heavy (non-hydrogen) atoms.